The number of aliphatic imine (C=N–C) groups is 1. The number of fused-ring (bicyclic) bond motifs is 1. The summed E-state index contributed by atoms with van der Waals surface area (Å²) in [6.07, 6.45) is 3.54. The van der Waals surface area contributed by atoms with Crippen LogP contribution in [0.2, 0.25) is 0 Å². The van der Waals surface area contributed by atoms with Crippen LogP contribution in [-0.4, -0.2) is 27.0 Å². The summed E-state index contributed by atoms with van der Waals surface area (Å²) in [5.74, 6) is 0.729. The van der Waals surface area contributed by atoms with Gasteiger partial charge in [-0.05, 0) is 23.5 Å². The van der Waals surface area contributed by atoms with Crippen molar-refractivity contribution in [2.24, 2.45) is 4.99 Å². The summed E-state index contributed by atoms with van der Waals surface area (Å²) in [6, 6.07) is 5.85. The predicted octanol–water partition coefficient (Wildman–Crippen LogP) is 2.14. The molecule has 6 heteroatoms. The van der Waals surface area contributed by atoms with Crippen LogP contribution in [0.15, 0.2) is 35.1 Å². The number of amides is 1. The van der Waals surface area contributed by atoms with Gasteiger partial charge in [0, 0.05) is 5.39 Å². The Kier molecular flexibility index (Phi) is 3.08. The largest absolute Gasteiger partial charge is 0.300 e. The number of hydrogen-bond donors (Lipinski definition) is 2. The van der Waals surface area contributed by atoms with Crippen molar-refractivity contribution in [2.75, 3.05) is 5.75 Å². The molecule has 0 fully saturated rings. The maximum absolute atomic E-state index is 11.7. The zero-order chi connectivity index (χ0) is 13.2. The molecule has 2 heterocycles. The highest BCUT2D eigenvalue weighted by atomic mass is 32.2. The number of carbonyl (C=O) groups is 1. The Morgan fingerprint density at radius 3 is 3.16 bits per heavy atom. The molecule has 2 aromatic rings. The van der Waals surface area contributed by atoms with Crippen LogP contribution in [-0.2, 0) is 4.79 Å². The molecule has 0 aliphatic carbocycles. The molecule has 1 aromatic carbocycles. The minimum absolute atomic E-state index is 0.152. The molecule has 1 amide bonds. The van der Waals surface area contributed by atoms with E-state index in [-0.39, 0.29) is 5.91 Å². The SMILES string of the molecule is CCSC1=N/C(=C\c2ccc3cn[nH]c3c2)C(=O)N1. The van der Waals surface area contributed by atoms with Crippen LogP contribution >= 0.6 is 11.8 Å². The Labute approximate surface area is 114 Å². The van der Waals surface area contributed by atoms with E-state index in [0.717, 1.165) is 22.2 Å². The van der Waals surface area contributed by atoms with Gasteiger partial charge in [-0.15, -0.1) is 0 Å². The Morgan fingerprint density at radius 2 is 2.32 bits per heavy atom. The van der Waals surface area contributed by atoms with Crippen molar-refractivity contribution in [3.05, 3.63) is 35.7 Å². The van der Waals surface area contributed by atoms with Crippen LogP contribution in [0.25, 0.3) is 17.0 Å². The number of thioether (sulfide) groups is 1. The number of benzene rings is 1. The van der Waals surface area contributed by atoms with Gasteiger partial charge >= 0.3 is 0 Å². The molecule has 0 bridgehead atoms. The van der Waals surface area contributed by atoms with Gasteiger partial charge in [0.25, 0.3) is 5.91 Å². The highest BCUT2D eigenvalue weighted by Gasteiger charge is 2.19. The van der Waals surface area contributed by atoms with E-state index >= 15 is 0 Å². The first kappa shape index (κ1) is 12.0. The molecule has 1 aliphatic heterocycles. The molecule has 0 radical (unpaired) electrons. The molecular weight excluding hydrogens is 260 g/mol. The van der Waals surface area contributed by atoms with Crippen LogP contribution in [0.4, 0.5) is 0 Å². The number of amidine groups is 1. The minimum Gasteiger partial charge on any atom is -0.300 e. The van der Waals surface area contributed by atoms with Gasteiger partial charge in [0.1, 0.15) is 5.70 Å². The third kappa shape index (κ3) is 2.39. The lowest BCUT2D eigenvalue weighted by molar-refractivity contribution is -0.115. The fourth-order valence-electron chi connectivity index (χ4n) is 1.85. The number of nitrogens with zero attached hydrogens (tertiary/aromatic N) is 2. The Bertz CT molecular complexity index is 701. The van der Waals surface area contributed by atoms with Crippen molar-refractivity contribution < 1.29 is 4.79 Å². The fraction of sp³-hybridized carbons (Fsp3) is 0.154. The standard InChI is InChI=1S/C13H12N4OS/c1-2-19-13-15-11(12(18)16-13)6-8-3-4-9-7-14-17-10(9)5-8/h3-7H,2H2,1H3,(H,14,17)(H,15,16,18)/b11-6-. The zero-order valence-electron chi connectivity index (χ0n) is 10.3. The van der Waals surface area contributed by atoms with Gasteiger partial charge in [0.2, 0.25) is 0 Å². The van der Waals surface area contributed by atoms with Gasteiger partial charge in [-0.25, -0.2) is 4.99 Å². The first-order valence-corrected chi connectivity index (χ1v) is 6.92. The first-order valence-electron chi connectivity index (χ1n) is 5.94. The van der Waals surface area contributed by atoms with Crippen molar-refractivity contribution in [3.8, 4) is 0 Å². The number of aromatic amines is 1. The van der Waals surface area contributed by atoms with Gasteiger partial charge in [-0.2, -0.15) is 5.10 Å². The molecular formula is C13H12N4OS. The van der Waals surface area contributed by atoms with E-state index in [1.807, 2.05) is 25.1 Å². The van der Waals surface area contributed by atoms with Crippen LogP contribution < -0.4 is 5.32 Å². The van der Waals surface area contributed by atoms with Crippen LogP contribution in [0.3, 0.4) is 0 Å². The van der Waals surface area contributed by atoms with Crippen molar-refractivity contribution in [1.82, 2.24) is 15.5 Å². The van der Waals surface area contributed by atoms with E-state index in [9.17, 15) is 4.79 Å². The van der Waals surface area contributed by atoms with E-state index in [4.69, 9.17) is 0 Å². The third-order valence-electron chi connectivity index (χ3n) is 2.73. The van der Waals surface area contributed by atoms with Crippen molar-refractivity contribution in [1.29, 1.82) is 0 Å². The van der Waals surface area contributed by atoms with E-state index < -0.39 is 0 Å². The molecule has 19 heavy (non-hydrogen) atoms. The summed E-state index contributed by atoms with van der Waals surface area (Å²) >= 11 is 1.52. The summed E-state index contributed by atoms with van der Waals surface area (Å²) in [6.45, 7) is 2.02. The summed E-state index contributed by atoms with van der Waals surface area (Å²) in [4.78, 5) is 16.0. The lowest BCUT2D eigenvalue weighted by Crippen LogP contribution is -2.21. The number of rotatable bonds is 2. The second-order valence-electron chi connectivity index (χ2n) is 4.05. The number of nitrogens with one attached hydrogen (secondary N) is 2. The zero-order valence-corrected chi connectivity index (χ0v) is 11.1. The molecule has 1 aromatic heterocycles. The van der Waals surface area contributed by atoms with Crippen molar-refractivity contribution in [2.45, 2.75) is 6.92 Å². The Morgan fingerprint density at radius 1 is 1.42 bits per heavy atom. The van der Waals surface area contributed by atoms with Gasteiger partial charge in [-0.1, -0.05) is 30.8 Å². The predicted molar refractivity (Wildman–Crippen MR) is 77.8 cm³/mol. The number of H-pyrrole nitrogens is 1. The average molecular weight is 272 g/mol. The van der Waals surface area contributed by atoms with E-state index in [0.29, 0.717) is 10.9 Å². The molecule has 2 N–H and O–H groups in total. The maximum atomic E-state index is 11.7. The number of carbonyl (C=O) groups excluding carboxylic acids is 1. The van der Waals surface area contributed by atoms with Crippen molar-refractivity contribution in [3.63, 3.8) is 0 Å². The fourth-order valence-corrected chi connectivity index (χ4v) is 2.46. The molecule has 0 atom stereocenters. The summed E-state index contributed by atoms with van der Waals surface area (Å²) in [7, 11) is 0. The molecule has 0 spiro atoms. The molecule has 0 unspecified atom stereocenters. The first-order chi connectivity index (χ1) is 9.26. The van der Waals surface area contributed by atoms with Gasteiger partial charge in [0.05, 0.1) is 11.7 Å². The van der Waals surface area contributed by atoms with E-state index in [2.05, 4.69) is 20.5 Å². The lowest BCUT2D eigenvalue weighted by atomic mass is 10.1. The van der Waals surface area contributed by atoms with E-state index in [1.165, 1.54) is 11.8 Å². The second kappa shape index (κ2) is 4.89. The van der Waals surface area contributed by atoms with Crippen LogP contribution in [0, 0.1) is 0 Å². The Balaban J connectivity index is 1.94. The summed E-state index contributed by atoms with van der Waals surface area (Å²) in [5.41, 5.74) is 2.31. The Hall–Kier alpha value is -2.08. The molecule has 1 aliphatic rings. The highest BCUT2D eigenvalue weighted by Crippen LogP contribution is 2.19. The number of aromatic nitrogens is 2. The quantitative estimate of drug-likeness (QED) is 0.823. The average Bonchev–Trinajstić information content (AvgIpc) is 2.97. The summed E-state index contributed by atoms with van der Waals surface area (Å²) in [5, 5.41) is 11.3. The van der Waals surface area contributed by atoms with Crippen LogP contribution in [0.1, 0.15) is 12.5 Å². The smallest absolute Gasteiger partial charge is 0.275 e. The van der Waals surface area contributed by atoms with E-state index in [1.54, 1.807) is 12.3 Å². The second-order valence-corrected chi connectivity index (χ2v) is 5.30. The minimum atomic E-state index is -0.152. The third-order valence-corrected chi connectivity index (χ3v) is 3.48. The monoisotopic (exact) mass is 272 g/mol. The molecule has 5 nitrogen and oxygen atoms in total. The highest BCUT2D eigenvalue weighted by molar-refractivity contribution is 8.13. The van der Waals surface area contributed by atoms with Gasteiger partial charge < -0.3 is 0 Å². The number of hydrogen-bond acceptors (Lipinski definition) is 4. The topological polar surface area (TPSA) is 70.1 Å². The molecule has 0 saturated carbocycles. The van der Waals surface area contributed by atoms with Crippen LogP contribution in [0.5, 0.6) is 0 Å². The normalized spacial score (nSPS) is 17.0. The molecule has 96 valence electrons. The molecule has 0 saturated heterocycles. The van der Waals surface area contributed by atoms with Gasteiger partial charge in [-0.3, -0.25) is 15.2 Å². The summed E-state index contributed by atoms with van der Waals surface area (Å²) < 4.78 is 0. The molecule has 3 rings (SSSR count). The van der Waals surface area contributed by atoms with Gasteiger partial charge in [0.15, 0.2) is 5.17 Å². The lowest BCUT2D eigenvalue weighted by Gasteiger charge is -1.95. The maximum Gasteiger partial charge on any atom is 0.275 e. The van der Waals surface area contributed by atoms with Crippen molar-refractivity contribution >= 4 is 39.8 Å².